The van der Waals surface area contributed by atoms with Crippen molar-refractivity contribution < 1.29 is 28.6 Å². The second-order valence-corrected chi connectivity index (χ2v) is 22.3. The second-order valence-electron chi connectivity index (χ2n) is 22.3. The maximum atomic E-state index is 12.9. The number of hydrogen-bond acceptors (Lipinski definition) is 6. The second kappa shape index (κ2) is 66.8. The Hall–Kier alpha value is -3.67. The summed E-state index contributed by atoms with van der Waals surface area (Å²) in [6.07, 6.45) is 90.1. The summed E-state index contributed by atoms with van der Waals surface area (Å²) in [5.41, 5.74) is 0. The van der Waals surface area contributed by atoms with Crippen LogP contribution in [0.3, 0.4) is 0 Å². The highest BCUT2D eigenvalue weighted by molar-refractivity contribution is 5.71. The third-order valence-corrected chi connectivity index (χ3v) is 14.6. The van der Waals surface area contributed by atoms with Gasteiger partial charge in [0.1, 0.15) is 13.2 Å². The van der Waals surface area contributed by atoms with Crippen LogP contribution in [0.15, 0.2) is 97.2 Å². The van der Waals surface area contributed by atoms with E-state index in [1.165, 1.54) is 148 Å². The van der Waals surface area contributed by atoms with Crippen molar-refractivity contribution in [3.8, 4) is 0 Å². The molecule has 0 spiro atoms. The molecule has 0 fully saturated rings. The van der Waals surface area contributed by atoms with Gasteiger partial charge in [-0.2, -0.15) is 0 Å². The Morgan fingerprint density at radius 3 is 0.772 bits per heavy atom. The molecule has 0 aromatic rings. The molecular formula is C73H126O6. The molecule has 0 aliphatic rings. The average molecular weight is 1100 g/mol. The summed E-state index contributed by atoms with van der Waals surface area (Å²) in [6, 6.07) is 0. The predicted octanol–water partition coefficient (Wildman–Crippen LogP) is 23.2. The van der Waals surface area contributed by atoms with Crippen LogP contribution in [0.2, 0.25) is 0 Å². The van der Waals surface area contributed by atoms with E-state index in [-0.39, 0.29) is 31.1 Å². The molecular weight excluding hydrogens is 973 g/mol. The summed E-state index contributed by atoms with van der Waals surface area (Å²) in [5.74, 6) is -0.912. The zero-order chi connectivity index (χ0) is 57.1. The molecule has 0 saturated heterocycles. The van der Waals surface area contributed by atoms with Crippen molar-refractivity contribution >= 4 is 17.9 Å². The topological polar surface area (TPSA) is 78.9 Å². The smallest absolute Gasteiger partial charge is 0.306 e. The Balaban J connectivity index is 4.20. The highest BCUT2D eigenvalue weighted by Crippen LogP contribution is 2.17. The van der Waals surface area contributed by atoms with E-state index in [2.05, 4.69) is 118 Å². The lowest BCUT2D eigenvalue weighted by molar-refractivity contribution is -0.167. The van der Waals surface area contributed by atoms with Gasteiger partial charge in [-0.05, 0) is 116 Å². The first-order chi connectivity index (χ1) is 39.0. The maximum Gasteiger partial charge on any atom is 0.306 e. The molecule has 6 nitrogen and oxygen atoms in total. The Labute approximate surface area is 489 Å². The van der Waals surface area contributed by atoms with Gasteiger partial charge in [-0.25, -0.2) is 0 Å². The first-order valence-corrected chi connectivity index (χ1v) is 33.7. The van der Waals surface area contributed by atoms with Crippen LogP contribution in [-0.4, -0.2) is 37.2 Å². The number of hydrogen-bond donors (Lipinski definition) is 0. The Morgan fingerprint density at radius 1 is 0.266 bits per heavy atom. The molecule has 0 heterocycles. The van der Waals surface area contributed by atoms with Crippen LogP contribution in [0.25, 0.3) is 0 Å². The monoisotopic (exact) mass is 1100 g/mol. The number of unbranched alkanes of at least 4 members (excludes halogenated alkanes) is 34. The number of esters is 3. The van der Waals surface area contributed by atoms with Crippen molar-refractivity contribution in [2.75, 3.05) is 13.2 Å². The van der Waals surface area contributed by atoms with Gasteiger partial charge >= 0.3 is 17.9 Å². The summed E-state index contributed by atoms with van der Waals surface area (Å²) < 4.78 is 16.9. The molecule has 0 aliphatic carbocycles. The molecule has 1 atom stereocenters. The summed E-state index contributed by atoms with van der Waals surface area (Å²) in [7, 11) is 0. The van der Waals surface area contributed by atoms with E-state index >= 15 is 0 Å². The van der Waals surface area contributed by atoms with Crippen molar-refractivity contribution in [1.82, 2.24) is 0 Å². The van der Waals surface area contributed by atoms with E-state index in [4.69, 9.17) is 14.2 Å². The van der Waals surface area contributed by atoms with Gasteiger partial charge in [-0.3, -0.25) is 14.4 Å². The van der Waals surface area contributed by atoms with Crippen LogP contribution in [0.5, 0.6) is 0 Å². The minimum absolute atomic E-state index is 0.0884. The number of carbonyl (C=O) groups is 3. The SMILES string of the molecule is CC/C=C\C/C=C\C/C=C\CCCCCCCC(=O)OCC(COC(=O)CCCCCCCCCCCCCCCCCCCCC/C=C\C/C=C\CCCCCCC)OC(=O)CCCCCCC/C=C\C/C=C\C/C=C\CC. The van der Waals surface area contributed by atoms with Gasteiger partial charge in [0.25, 0.3) is 0 Å². The van der Waals surface area contributed by atoms with Gasteiger partial charge in [0.2, 0.25) is 0 Å². The lowest BCUT2D eigenvalue weighted by atomic mass is 10.0. The molecule has 1 unspecified atom stereocenters. The minimum Gasteiger partial charge on any atom is -0.462 e. The lowest BCUT2D eigenvalue weighted by Gasteiger charge is -2.18. The Kier molecular flexibility index (Phi) is 63.7. The molecule has 0 N–H and O–H groups in total. The van der Waals surface area contributed by atoms with Crippen LogP contribution in [-0.2, 0) is 28.6 Å². The fraction of sp³-hybridized carbons (Fsp3) is 0.740. The minimum atomic E-state index is -0.795. The van der Waals surface area contributed by atoms with E-state index in [9.17, 15) is 14.4 Å². The van der Waals surface area contributed by atoms with Gasteiger partial charge in [0, 0.05) is 19.3 Å². The molecule has 0 bridgehead atoms. The number of rotatable bonds is 61. The van der Waals surface area contributed by atoms with Gasteiger partial charge in [0.05, 0.1) is 0 Å². The zero-order valence-corrected chi connectivity index (χ0v) is 52.1. The Morgan fingerprint density at radius 2 is 0.494 bits per heavy atom. The quantitative estimate of drug-likeness (QED) is 0.0261. The van der Waals surface area contributed by atoms with Crippen LogP contribution < -0.4 is 0 Å². The van der Waals surface area contributed by atoms with Crippen molar-refractivity contribution in [3.63, 3.8) is 0 Å². The number of carbonyl (C=O) groups excluding carboxylic acids is 3. The highest BCUT2D eigenvalue weighted by Gasteiger charge is 2.19. The van der Waals surface area contributed by atoms with Crippen molar-refractivity contribution in [3.05, 3.63) is 97.2 Å². The number of allylic oxidation sites excluding steroid dienone is 16. The third-order valence-electron chi connectivity index (χ3n) is 14.6. The Bertz CT molecular complexity index is 1540. The van der Waals surface area contributed by atoms with E-state index in [0.717, 1.165) is 141 Å². The molecule has 0 radical (unpaired) electrons. The summed E-state index contributed by atoms with van der Waals surface area (Å²) in [5, 5.41) is 0. The van der Waals surface area contributed by atoms with Gasteiger partial charge < -0.3 is 14.2 Å². The molecule has 454 valence electrons. The van der Waals surface area contributed by atoms with Crippen LogP contribution in [0.1, 0.15) is 329 Å². The zero-order valence-electron chi connectivity index (χ0n) is 52.1. The number of ether oxygens (including phenoxy) is 3. The first kappa shape index (κ1) is 75.3. The highest BCUT2D eigenvalue weighted by atomic mass is 16.6. The molecule has 79 heavy (non-hydrogen) atoms. The molecule has 0 rings (SSSR count). The van der Waals surface area contributed by atoms with E-state index in [1.54, 1.807) is 0 Å². The summed E-state index contributed by atoms with van der Waals surface area (Å²) >= 11 is 0. The molecule has 0 saturated carbocycles. The standard InChI is InChI=1S/C73H126O6/c1-4-7-10-13-16-19-22-25-28-29-30-31-32-33-34-35-36-37-38-39-40-41-42-43-46-48-51-54-57-60-63-66-72(75)78-69-70(79-73(76)67-64-61-58-55-52-49-45-27-24-21-18-15-12-9-6-3)68-77-71(74)65-62-59-56-53-50-47-44-26-23-20-17-14-11-8-5-2/h8-9,11-12,17-18,20-22,25-27,29-30,44-45,70H,4-7,10,13-16,19,23-24,28,31-43,46-69H2,1-3H3/b11-8-,12-9-,20-17-,21-18-,25-22-,30-29-,44-26-,45-27-. The van der Waals surface area contributed by atoms with Gasteiger partial charge in [-0.15, -0.1) is 0 Å². The van der Waals surface area contributed by atoms with Crippen molar-refractivity contribution in [2.24, 2.45) is 0 Å². The molecule has 0 aromatic carbocycles. The molecule has 0 amide bonds. The normalized spacial score (nSPS) is 12.7. The summed E-state index contributed by atoms with van der Waals surface area (Å²) in [4.78, 5) is 38.3. The molecule has 0 aromatic heterocycles. The predicted molar refractivity (Wildman–Crippen MR) is 344 cm³/mol. The molecule has 0 aliphatic heterocycles. The summed E-state index contributed by atoms with van der Waals surface area (Å²) in [6.45, 7) is 6.41. The van der Waals surface area contributed by atoms with Gasteiger partial charge in [-0.1, -0.05) is 291 Å². The fourth-order valence-electron chi connectivity index (χ4n) is 9.56. The fourth-order valence-corrected chi connectivity index (χ4v) is 9.56. The lowest BCUT2D eigenvalue weighted by Crippen LogP contribution is -2.30. The van der Waals surface area contributed by atoms with E-state index < -0.39 is 6.10 Å². The van der Waals surface area contributed by atoms with E-state index in [0.29, 0.717) is 19.3 Å². The van der Waals surface area contributed by atoms with Crippen LogP contribution in [0.4, 0.5) is 0 Å². The van der Waals surface area contributed by atoms with Crippen LogP contribution in [0, 0.1) is 0 Å². The van der Waals surface area contributed by atoms with Crippen molar-refractivity contribution in [1.29, 1.82) is 0 Å². The largest absolute Gasteiger partial charge is 0.462 e. The van der Waals surface area contributed by atoms with Crippen LogP contribution >= 0.6 is 0 Å². The van der Waals surface area contributed by atoms with Crippen molar-refractivity contribution in [2.45, 2.75) is 335 Å². The first-order valence-electron chi connectivity index (χ1n) is 33.7. The maximum absolute atomic E-state index is 12.9. The third kappa shape index (κ3) is 65.0. The van der Waals surface area contributed by atoms with Gasteiger partial charge in [0.15, 0.2) is 6.10 Å². The van der Waals surface area contributed by atoms with E-state index in [1.807, 2.05) is 0 Å². The molecule has 6 heteroatoms. The average Bonchev–Trinajstić information content (AvgIpc) is 3.45.